The van der Waals surface area contributed by atoms with E-state index in [-0.39, 0.29) is 22.8 Å². The van der Waals surface area contributed by atoms with Crippen LogP contribution < -0.4 is 0 Å². The van der Waals surface area contributed by atoms with Gasteiger partial charge >= 0.3 is 5.97 Å². The predicted octanol–water partition coefficient (Wildman–Crippen LogP) is 2.32. The van der Waals surface area contributed by atoms with Gasteiger partial charge in [0.1, 0.15) is 5.82 Å². The maximum absolute atomic E-state index is 13.2. The Hall–Kier alpha value is -1.13. The molecule has 0 radical (unpaired) electrons. The van der Waals surface area contributed by atoms with E-state index in [1.165, 1.54) is 13.2 Å². The third kappa shape index (κ3) is 2.21. The van der Waals surface area contributed by atoms with Gasteiger partial charge in [-0.25, -0.2) is 9.18 Å². The first-order valence-electron chi connectivity index (χ1n) is 3.76. The van der Waals surface area contributed by atoms with E-state index >= 15 is 0 Å². The summed E-state index contributed by atoms with van der Waals surface area (Å²) in [6.07, 6.45) is 0. The van der Waals surface area contributed by atoms with Gasteiger partial charge in [-0.05, 0) is 12.1 Å². The van der Waals surface area contributed by atoms with Crippen LogP contribution in [0.4, 0.5) is 4.39 Å². The van der Waals surface area contributed by atoms with Gasteiger partial charge in [0.15, 0.2) is 0 Å². The molecule has 1 N–H and O–H groups in total. The molecular formula is C9H8ClFO3. The van der Waals surface area contributed by atoms with Crippen molar-refractivity contribution in [2.24, 2.45) is 0 Å². The number of methoxy groups -OCH3 is 1. The van der Waals surface area contributed by atoms with E-state index in [2.05, 4.69) is 0 Å². The highest BCUT2D eigenvalue weighted by Crippen LogP contribution is 2.22. The van der Waals surface area contributed by atoms with Crippen molar-refractivity contribution in [3.8, 4) is 0 Å². The van der Waals surface area contributed by atoms with Crippen molar-refractivity contribution in [3.05, 3.63) is 34.1 Å². The van der Waals surface area contributed by atoms with Gasteiger partial charge < -0.3 is 9.84 Å². The lowest BCUT2D eigenvalue weighted by Crippen LogP contribution is -2.01. The SMILES string of the molecule is COCc1c(F)cc(C(=O)O)cc1Cl. The minimum absolute atomic E-state index is 0.0184. The molecule has 0 spiro atoms. The van der Waals surface area contributed by atoms with E-state index in [0.29, 0.717) is 0 Å². The average Bonchev–Trinajstić information content (AvgIpc) is 2.10. The molecular weight excluding hydrogens is 211 g/mol. The summed E-state index contributed by atoms with van der Waals surface area (Å²) in [5.41, 5.74) is -0.00785. The number of hydrogen-bond donors (Lipinski definition) is 1. The third-order valence-corrected chi connectivity index (χ3v) is 2.01. The number of carboxylic acids is 1. The van der Waals surface area contributed by atoms with Gasteiger partial charge in [-0.3, -0.25) is 0 Å². The number of ether oxygens (including phenoxy) is 1. The Labute approximate surface area is 85.1 Å². The number of aromatic carboxylic acids is 1. The monoisotopic (exact) mass is 218 g/mol. The predicted molar refractivity (Wildman–Crippen MR) is 49.1 cm³/mol. The summed E-state index contributed by atoms with van der Waals surface area (Å²) in [5, 5.41) is 8.66. The van der Waals surface area contributed by atoms with Crippen LogP contribution in [-0.4, -0.2) is 18.2 Å². The topological polar surface area (TPSA) is 46.5 Å². The first kappa shape index (κ1) is 10.9. The van der Waals surface area contributed by atoms with Crippen molar-refractivity contribution in [1.29, 1.82) is 0 Å². The molecule has 0 saturated carbocycles. The number of carboxylic acid groups (broad SMARTS) is 1. The Kier molecular flexibility index (Phi) is 3.43. The second kappa shape index (κ2) is 4.39. The van der Waals surface area contributed by atoms with Gasteiger partial charge in [0, 0.05) is 17.7 Å². The molecule has 0 fully saturated rings. The van der Waals surface area contributed by atoms with Crippen LogP contribution in [0.1, 0.15) is 15.9 Å². The highest BCUT2D eigenvalue weighted by atomic mass is 35.5. The highest BCUT2D eigenvalue weighted by molar-refractivity contribution is 6.31. The van der Waals surface area contributed by atoms with Gasteiger partial charge in [0.05, 0.1) is 12.2 Å². The zero-order valence-corrected chi connectivity index (χ0v) is 8.14. The molecule has 0 heterocycles. The fourth-order valence-corrected chi connectivity index (χ4v) is 1.27. The zero-order chi connectivity index (χ0) is 10.7. The van der Waals surface area contributed by atoms with Crippen molar-refractivity contribution in [2.75, 3.05) is 7.11 Å². The quantitative estimate of drug-likeness (QED) is 0.847. The third-order valence-electron chi connectivity index (χ3n) is 1.68. The lowest BCUT2D eigenvalue weighted by molar-refractivity contribution is 0.0696. The first-order chi connectivity index (χ1) is 6.56. The summed E-state index contributed by atoms with van der Waals surface area (Å²) >= 11 is 5.67. The van der Waals surface area contributed by atoms with Crippen LogP contribution in [0, 0.1) is 5.82 Å². The van der Waals surface area contributed by atoms with Crippen LogP contribution in [0.3, 0.4) is 0 Å². The molecule has 3 nitrogen and oxygen atoms in total. The molecule has 0 aromatic heterocycles. The standard InChI is InChI=1S/C9H8ClFO3/c1-14-4-6-7(10)2-5(9(12)13)3-8(6)11/h2-3H,4H2,1H3,(H,12,13). The molecule has 0 aliphatic carbocycles. The summed E-state index contributed by atoms with van der Waals surface area (Å²) in [4.78, 5) is 10.5. The fraction of sp³-hybridized carbons (Fsp3) is 0.222. The van der Waals surface area contributed by atoms with Crippen molar-refractivity contribution in [2.45, 2.75) is 6.61 Å². The van der Waals surface area contributed by atoms with Crippen molar-refractivity contribution in [3.63, 3.8) is 0 Å². The lowest BCUT2D eigenvalue weighted by Gasteiger charge is -2.05. The fourth-order valence-electron chi connectivity index (χ4n) is 1.01. The van der Waals surface area contributed by atoms with E-state index in [1.54, 1.807) is 0 Å². The van der Waals surface area contributed by atoms with Gasteiger partial charge in [-0.15, -0.1) is 0 Å². The molecule has 0 aliphatic heterocycles. The van der Waals surface area contributed by atoms with Crippen molar-refractivity contribution < 1.29 is 19.0 Å². The normalized spacial score (nSPS) is 10.2. The molecule has 0 amide bonds. The first-order valence-corrected chi connectivity index (χ1v) is 4.14. The van der Waals surface area contributed by atoms with E-state index in [4.69, 9.17) is 21.4 Å². The molecule has 0 bridgehead atoms. The molecule has 0 unspecified atom stereocenters. The van der Waals surface area contributed by atoms with Crippen LogP contribution in [-0.2, 0) is 11.3 Å². The van der Waals surface area contributed by atoms with Crippen LogP contribution in [0.5, 0.6) is 0 Å². The Bertz CT molecular complexity index is 342. The Morgan fingerprint density at radius 3 is 2.71 bits per heavy atom. The number of hydrogen-bond acceptors (Lipinski definition) is 2. The molecule has 76 valence electrons. The Morgan fingerprint density at radius 1 is 1.64 bits per heavy atom. The minimum Gasteiger partial charge on any atom is -0.478 e. The molecule has 14 heavy (non-hydrogen) atoms. The molecule has 0 saturated heterocycles. The molecule has 1 rings (SSSR count). The average molecular weight is 219 g/mol. The number of benzene rings is 1. The Morgan fingerprint density at radius 2 is 2.29 bits per heavy atom. The highest BCUT2D eigenvalue weighted by Gasteiger charge is 2.12. The largest absolute Gasteiger partial charge is 0.478 e. The summed E-state index contributed by atoms with van der Waals surface area (Å²) < 4.78 is 17.9. The van der Waals surface area contributed by atoms with Crippen molar-refractivity contribution in [1.82, 2.24) is 0 Å². The van der Waals surface area contributed by atoms with E-state index in [0.717, 1.165) is 6.07 Å². The van der Waals surface area contributed by atoms with E-state index in [1.807, 2.05) is 0 Å². The molecule has 5 heteroatoms. The summed E-state index contributed by atoms with van der Waals surface area (Å²) in [5.74, 6) is -1.88. The lowest BCUT2D eigenvalue weighted by atomic mass is 10.1. The number of carbonyl (C=O) groups is 1. The van der Waals surface area contributed by atoms with Gasteiger partial charge in [-0.1, -0.05) is 11.6 Å². The van der Waals surface area contributed by atoms with Gasteiger partial charge in [-0.2, -0.15) is 0 Å². The van der Waals surface area contributed by atoms with Gasteiger partial charge in [0.25, 0.3) is 0 Å². The maximum atomic E-state index is 13.2. The molecule has 0 aliphatic rings. The van der Waals surface area contributed by atoms with E-state index < -0.39 is 11.8 Å². The smallest absolute Gasteiger partial charge is 0.335 e. The van der Waals surface area contributed by atoms with Crippen LogP contribution in [0.2, 0.25) is 5.02 Å². The molecule has 0 atom stereocenters. The van der Waals surface area contributed by atoms with E-state index in [9.17, 15) is 9.18 Å². The van der Waals surface area contributed by atoms with Crippen LogP contribution in [0.25, 0.3) is 0 Å². The number of rotatable bonds is 3. The summed E-state index contributed by atoms with van der Waals surface area (Å²) in [7, 11) is 1.40. The summed E-state index contributed by atoms with van der Waals surface area (Å²) in [6.45, 7) is 0.0184. The van der Waals surface area contributed by atoms with Crippen molar-refractivity contribution >= 4 is 17.6 Å². The number of halogens is 2. The zero-order valence-electron chi connectivity index (χ0n) is 7.38. The molecule has 1 aromatic carbocycles. The minimum atomic E-state index is -1.21. The van der Waals surface area contributed by atoms with Gasteiger partial charge in [0.2, 0.25) is 0 Å². The molecule has 1 aromatic rings. The second-order valence-electron chi connectivity index (χ2n) is 2.66. The maximum Gasteiger partial charge on any atom is 0.335 e. The van der Waals surface area contributed by atoms with Crippen LogP contribution >= 0.6 is 11.6 Å². The van der Waals surface area contributed by atoms with Crippen LogP contribution in [0.15, 0.2) is 12.1 Å². The second-order valence-corrected chi connectivity index (χ2v) is 3.06. The summed E-state index contributed by atoms with van der Waals surface area (Å²) in [6, 6.07) is 2.11. The Balaban J connectivity index is 3.18.